The maximum Gasteiger partial charge on any atom is 0.151 e. The molecule has 1 atom stereocenters. The third-order valence-electron chi connectivity index (χ3n) is 7.07. The molecule has 8 heteroatoms. The molecule has 1 aliphatic heterocycles. The van der Waals surface area contributed by atoms with Crippen molar-refractivity contribution in [2.24, 2.45) is 0 Å². The van der Waals surface area contributed by atoms with Gasteiger partial charge in [0, 0.05) is 50.4 Å². The number of aliphatic hydroxyl groups excluding tert-OH is 1. The van der Waals surface area contributed by atoms with Crippen LogP contribution in [0.1, 0.15) is 10.8 Å². The van der Waals surface area contributed by atoms with E-state index in [9.17, 15) is 5.11 Å². The van der Waals surface area contributed by atoms with Gasteiger partial charge in [0.25, 0.3) is 0 Å². The molecule has 1 aliphatic rings. The number of aryl methyl sites for hydroxylation is 1. The van der Waals surface area contributed by atoms with Crippen LogP contribution in [-0.2, 0) is 6.54 Å². The lowest BCUT2D eigenvalue weighted by atomic mass is 10.0. The van der Waals surface area contributed by atoms with Gasteiger partial charge in [-0.15, -0.1) is 11.3 Å². The molecule has 2 aromatic heterocycles. The summed E-state index contributed by atoms with van der Waals surface area (Å²) in [5, 5.41) is 15.9. The molecule has 200 valence electrons. The minimum absolute atomic E-state index is 0.266. The summed E-state index contributed by atoms with van der Waals surface area (Å²) >= 11 is 1.67. The number of hydrogen-bond donors (Lipinski definition) is 1. The summed E-state index contributed by atoms with van der Waals surface area (Å²) in [4.78, 5) is 9.17. The van der Waals surface area contributed by atoms with Gasteiger partial charge in [0.1, 0.15) is 24.2 Å². The van der Waals surface area contributed by atoms with E-state index in [4.69, 9.17) is 9.26 Å². The first-order chi connectivity index (χ1) is 19.1. The Morgan fingerprint density at radius 3 is 2.41 bits per heavy atom. The van der Waals surface area contributed by atoms with Crippen molar-refractivity contribution in [1.29, 1.82) is 0 Å². The van der Waals surface area contributed by atoms with E-state index in [0.29, 0.717) is 6.54 Å². The fraction of sp³-hybridized carbons (Fsp3) is 0.290. The first kappa shape index (κ1) is 25.7. The minimum Gasteiger partial charge on any atom is -0.491 e. The van der Waals surface area contributed by atoms with Gasteiger partial charge in [0.15, 0.2) is 5.76 Å². The fourth-order valence-corrected chi connectivity index (χ4v) is 5.80. The molecular weight excluding hydrogens is 508 g/mol. The van der Waals surface area contributed by atoms with Crippen molar-refractivity contribution in [1.82, 2.24) is 19.9 Å². The fourth-order valence-electron chi connectivity index (χ4n) is 4.99. The van der Waals surface area contributed by atoms with Crippen molar-refractivity contribution >= 4 is 21.6 Å². The zero-order valence-electron chi connectivity index (χ0n) is 22.0. The van der Waals surface area contributed by atoms with Crippen LogP contribution < -0.4 is 4.74 Å². The molecule has 39 heavy (non-hydrogen) atoms. The lowest BCUT2D eigenvalue weighted by Crippen LogP contribution is -2.48. The Morgan fingerprint density at radius 2 is 1.62 bits per heavy atom. The average Bonchev–Trinajstić information content (AvgIpc) is 3.59. The van der Waals surface area contributed by atoms with Crippen molar-refractivity contribution in [3.05, 3.63) is 89.6 Å². The van der Waals surface area contributed by atoms with Gasteiger partial charge in [-0.1, -0.05) is 59.8 Å². The van der Waals surface area contributed by atoms with Crippen molar-refractivity contribution < 1.29 is 14.4 Å². The number of piperazine rings is 1. The van der Waals surface area contributed by atoms with Crippen molar-refractivity contribution in [2.75, 3.05) is 39.3 Å². The van der Waals surface area contributed by atoms with E-state index in [2.05, 4.69) is 68.5 Å². The monoisotopic (exact) mass is 540 g/mol. The molecule has 0 bridgehead atoms. The molecule has 0 unspecified atom stereocenters. The molecule has 0 spiro atoms. The highest BCUT2D eigenvalue weighted by Gasteiger charge is 2.21. The lowest BCUT2D eigenvalue weighted by Gasteiger charge is -2.35. The summed E-state index contributed by atoms with van der Waals surface area (Å²) in [5.74, 6) is 1.61. The number of rotatable bonds is 9. The van der Waals surface area contributed by atoms with Crippen LogP contribution in [0.4, 0.5) is 0 Å². The number of fused-ring (bicyclic) bond motifs is 1. The highest BCUT2D eigenvalue weighted by atomic mass is 32.1. The molecule has 6 rings (SSSR count). The van der Waals surface area contributed by atoms with Crippen molar-refractivity contribution in [3.8, 4) is 28.1 Å². The van der Waals surface area contributed by atoms with E-state index in [1.807, 2.05) is 37.3 Å². The third-order valence-corrected chi connectivity index (χ3v) is 8.02. The molecule has 0 aliphatic carbocycles. The highest BCUT2D eigenvalue weighted by molar-refractivity contribution is 7.18. The van der Waals surface area contributed by atoms with E-state index in [1.165, 1.54) is 11.1 Å². The van der Waals surface area contributed by atoms with Crippen molar-refractivity contribution in [3.63, 3.8) is 0 Å². The SMILES string of the molecule is Cc1nc2cc(OC[C@H](O)CN3CCN(Cc4cc(-c5ccc(-c6ccccc6)cc5)no4)CC3)ccc2s1. The second kappa shape index (κ2) is 11.7. The first-order valence-corrected chi connectivity index (χ1v) is 14.1. The van der Waals surface area contributed by atoms with Crippen LogP contribution in [0.25, 0.3) is 32.6 Å². The van der Waals surface area contributed by atoms with Gasteiger partial charge in [-0.2, -0.15) is 0 Å². The van der Waals surface area contributed by atoms with Crippen LogP contribution in [0.15, 0.2) is 83.4 Å². The molecule has 3 aromatic carbocycles. The lowest BCUT2D eigenvalue weighted by molar-refractivity contribution is 0.0430. The van der Waals surface area contributed by atoms with Crippen LogP contribution in [0.2, 0.25) is 0 Å². The zero-order chi connectivity index (χ0) is 26.6. The number of thiazole rings is 1. The molecule has 0 amide bonds. The molecule has 1 saturated heterocycles. The Balaban J connectivity index is 0.951. The van der Waals surface area contributed by atoms with Gasteiger partial charge < -0.3 is 14.4 Å². The highest BCUT2D eigenvalue weighted by Crippen LogP contribution is 2.26. The summed E-state index contributed by atoms with van der Waals surface area (Å²) in [6.07, 6.45) is -0.547. The average molecular weight is 541 g/mol. The predicted molar refractivity (Wildman–Crippen MR) is 155 cm³/mol. The molecule has 1 fully saturated rings. The molecule has 7 nitrogen and oxygen atoms in total. The largest absolute Gasteiger partial charge is 0.491 e. The summed E-state index contributed by atoms with van der Waals surface area (Å²) in [5.41, 5.74) is 5.24. The van der Waals surface area contributed by atoms with E-state index in [1.54, 1.807) is 11.3 Å². The van der Waals surface area contributed by atoms with Crippen LogP contribution in [0, 0.1) is 6.92 Å². The van der Waals surface area contributed by atoms with E-state index >= 15 is 0 Å². The van der Waals surface area contributed by atoms with Gasteiger partial charge in [0.05, 0.1) is 21.8 Å². The Labute approximate surface area is 232 Å². The second-order valence-electron chi connectivity index (χ2n) is 10.0. The Bertz CT molecular complexity index is 1510. The topological polar surface area (TPSA) is 74.9 Å². The quantitative estimate of drug-likeness (QED) is 0.265. The number of nitrogens with zero attached hydrogens (tertiary/aromatic N) is 4. The summed E-state index contributed by atoms with van der Waals surface area (Å²) in [6, 6.07) is 26.7. The summed E-state index contributed by atoms with van der Waals surface area (Å²) in [7, 11) is 0. The summed E-state index contributed by atoms with van der Waals surface area (Å²) < 4.78 is 12.7. The van der Waals surface area contributed by atoms with E-state index < -0.39 is 6.10 Å². The smallest absolute Gasteiger partial charge is 0.151 e. The van der Waals surface area contributed by atoms with Crippen LogP contribution >= 0.6 is 11.3 Å². The Hall–Kier alpha value is -3.56. The number of aromatic nitrogens is 2. The molecule has 0 radical (unpaired) electrons. The van der Waals surface area contributed by atoms with Gasteiger partial charge in [-0.25, -0.2) is 4.98 Å². The second-order valence-corrected chi connectivity index (χ2v) is 11.3. The third kappa shape index (κ3) is 6.37. The Kier molecular flexibility index (Phi) is 7.69. The first-order valence-electron chi connectivity index (χ1n) is 13.3. The van der Waals surface area contributed by atoms with Gasteiger partial charge in [-0.05, 0) is 30.2 Å². The van der Waals surface area contributed by atoms with E-state index in [-0.39, 0.29) is 6.61 Å². The predicted octanol–water partition coefficient (Wildman–Crippen LogP) is 5.48. The maximum atomic E-state index is 10.6. The zero-order valence-corrected chi connectivity index (χ0v) is 22.8. The summed E-state index contributed by atoms with van der Waals surface area (Å²) in [6.45, 7) is 7.20. The molecule has 5 aromatic rings. The Morgan fingerprint density at radius 1 is 0.897 bits per heavy atom. The molecule has 0 saturated carbocycles. The molecular formula is C31H32N4O3S. The normalized spacial score (nSPS) is 15.5. The van der Waals surface area contributed by atoms with Gasteiger partial charge in [0.2, 0.25) is 0 Å². The van der Waals surface area contributed by atoms with Crippen LogP contribution in [-0.4, -0.2) is 70.5 Å². The number of aliphatic hydroxyl groups is 1. The number of ether oxygens (including phenoxy) is 1. The van der Waals surface area contributed by atoms with Crippen LogP contribution in [0.5, 0.6) is 5.75 Å². The number of benzene rings is 3. The van der Waals surface area contributed by atoms with Gasteiger partial charge in [-0.3, -0.25) is 9.80 Å². The molecule has 3 heterocycles. The minimum atomic E-state index is -0.547. The van der Waals surface area contributed by atoms with Crippen molar-refractivity contribution in [2.45, 2.75) is 19.6 Å². The standard InChI is InChI=1S/C31H32N4O3S/c1-22-32-30-17-27(11-12-31(30)39-22)37-21-26(36)19-34-13-15-35(16-14-34)20-28-18-29(33-38-28)25-9-7-24(8-10-25)23-5-3-2-4-6-23/h2-12,17-18,26,36H,13-16,19-21H2,1H3/t26-/m1/s1. The molecule has 1 N–H and O–H groups in total. The van der Waals surface area contributed by atoms with Gasteiger partial charge >= 0.3 is 0 Å². The van der Waals surface area contributed by atoms with Crippen LogP contribution in [0.3, 0.4) is 0 Å². The number of β-amino-alcohol motifs (C(OH)–C–C–N with tert-alkyl or cyclic N) is 1. The maximum absolute atomic E-state index is 10.6. The number of hydrogen-bond acceptors (Lipinski definition) is 8. The van der Waals surface area contributed by atoms with E-state index in [0.717, 1.165) is 70.7 Å².